The number of hydrogen-bond acceptors (Lipinski definition) is 2. The van der Waals surface area contributed by atoms with Gasteiger partial charge in [-0.15, -0.1) is 0 Å². The van der Waals surface area contributed by atoms with Gasteiger partial charge in [-0.25, -0.2) is 4.39 Å². The predicted octanol–water partition coefficient (Wildman–Crippen LogP) is 4.07. The minimum absolute atomic E-state index is 0.0622. The van der Waals surface area contributed by atoms with E-state index < -0.39 is 0 Å². The maximum atomic E-state index is 13.0. The molecule has 1 aliphatic heterocycles. The molecule has 0 N–H and O–H groups in total. The molecule has 1 saturated heterocycles. The molecule has 0 radical (unpaired) electrons. The van der Waals surface area contributed by atoms with Crippen LogP contribution in [-0.2, 0) is 0 Å². The number of nitrogens with zero attached hydrogens (tertiary/aromatic N) is 2. The van der Waals surface area contributed by atoms with Crippen molar-refractivity contribution in [1.82, 2.24) is 9.88 Å². The van der Waals surface area contributed by atoms with E-state index in [4.69, 9.17) is 0 Å². The van der Waals surface area contributed by atoms with Gasteiger partial charge in [-0.3, -0.25) is 9.78 Å². The van der Waals surface area contributed by atoms with Crippen LogP contribution in [0.1, 0.15) is 35.8 Å². The van der Waals surface area contributed by atoms with Gasteiger partial charge in [0.15, 0.2) is 0 Å². The molecule has 23 heavy (non-hydrogen) atoms. The normalized spacial score (nSPS) is 18.0. The molecule has 4 heteroatoms. The first-order valence-electron chi connectivity index (χ1n) is 8.07. The molecule has 0 aliphatic carbocycles. The molecule has 0 spiro atoms. The van der Waals surface area contributed by atoms with Crippen LogP contribution in [0.3, 0.4) is 0 Å². The van der Waals surface area contributed by atoms with E-state index >= 15 is 0 Å². The minimum atomic E-state index is -0.267. The second-order valence-electron chi connectivity index (χ2n) is 6.33. The van der Waals surface area contributed by atoms with Gasteiger partial charge >= 0.3 is 0 Å². The summed E-state index contributed by atoms with van der Waals surface area (Å²) in [6, 6.07) is 9.90. The zero-order chi connectivity index (χ0) is 16.4. The Balaban J connectivity index is 1.84. The fourth-order valence-electron chi connectivity index (χ4n) is 3.11. The van der Waals surface area contributed by atoms with Crippen molar-refractivity contribution in [2.45, 2.75) is 26.7 Å². The quantitative estimate of drug-likeness (QED) is 0.837. The fourth-order valence-corrected chi connectivity index (χ4v) is 3.11. The summed E-state index contributed by atoms with van der Waals surface area (Å²) in [6.07, 6.45) is 2.25. The zero-order valence-electron chi connectivity index (χ0n) is 13.6. The lowest BCUT2D eigenvalue weighted by molar-refractivity contribution is 0.0682. The van der Waals surface area contributed by atoms with E-state index in [1.54, 1.807) is 12.1 Å². The summed E-state index contributed by atoms with van der Waals surface area (Å²) in [4.78, 5) is 19.2. The molecule has 1 amide bonds. The van der Waals surface area contributed by atoms with Crippen LogP contribution < -0.4 is 0 Å². The van der Waals surface area contributed by atoms with E-state index in [0.717, 1.165) is 36.5 Å². The zero-order valence-corrected chi connectivity index (χ0v) is 13.6. The summed E-state index contributed by atoms with van der Waals surface area (Å²) in [7, 11) is 0. The minimum Gasteiger partial charge on any atom is -0.338 e. The van der Waals surface area contributed by atoms with E-state index in [1.165, 1.54) is 18.6 Å². The van der Waals surface area contributed by atoms with Gasteiger partial charge < -0.3 is 4.90 Å². The van der Waals surface area contributed by atoms with Crippen molar-refractivity contribution in [3.8, 4) is 11.3 Å². The Morgan fingerprint density at radius 1 is 1.22 bits per heavy atom. The SMILES string of the molecule is Cc1nc(-c2ccc(F)cc2)ccc1C(=O)N1CCCC(C)C1. The third-order valence-electron chi connectivity index (χ3n) is 4.40. The molecule has 120 valence electrons. The highest BCUT2D eigenvalue weighted by Gasteiger charge is 2.23. The Hall–Kier alpha value is -2.23. The number of aryl methyl sites for hydroxylation is 1. The molecule has 1 atom stereocenters. The van der Waals surface area contributed by atoms with Crippen LogP contribution in [0.2, 0.25) is 0 Å². The molecule has 2 heterocycles. The Morgan fingerprint density at radius 2 is 1.96 bits per heavy atom. The number of halogens is 1. The van der Waals surface area contributed by atoms with Gasteiger partial charge in [-0.05, 0) is 62.1 Å². The highest BCUT2D eigenvalue weighted by molar-refractivity contribution is 5.95. The Bertz CT molecular complexity index is 712. The van der Waals surface area contributed by atoms with Crippen molar-refractivity contribution < 1.29 is 9.18 Å². The van der Waals surface area contributed by atoms with Gasteiger partial charge in [0.2, 0.25) is 0 Å². The largest absolute Gasteiger partial charge is 0.338 e. The number of hydrogen-bond donors (Lipinski definition) is 0. The number of carbonyl (C=O) groups is 1. The smallest absolute Gasteiger partial charge is 0.255 e. The van der Waals surface area contributed by atoms with Crippen molar-refractivity contribution in [2.24, 2.45) is 5.92 Å². The highest BCUT2D eigenvalue weighted by Crippen LogP contribution is 2.22. The molecule has 1 aromatic carbocycles. The summed E-state index contributed by atoms with van der Waals surface area (Å²) in [5.41, 5.74) is 2.98. The van der Waals surface area contributed by atoms with Crippen molar-refractivity contribution in [2.75, 3.05) is 13.1 Å². The molecule has 1 fully saturated rings. The first-order chi connectivity index (χ1) is 11.0. The number of piperidine rings is 1. The number of likely N-dealkylation sites (tertiary alicyclic amines) is 1. The Morgan fingerprint density at radius 3 is 2.61 bits per heavy atom. The van der Waals surface area contributed by atoms with Gasteiger partial charge in [-0.2, -0.15) is 0 Å². The van der Waals surface area contributed by atoms with Gasteiger partial charge in [0.05, 0.1) is 17.0 Å². The molecular weight excluding hydrogens is 291 g/mol. The number of aromatic nitrogens is 1. The number of carbonyl (C=O) groups excluding carboxylic acids is 1. The van der Waals surface area contributed by atoms with Crippen molar-refractivity contribution >= 4 is 5.91 Å². The summed E-state index contributed by atoms with van der Waals surface area (Å²) in [5, 5.41) is 0. The summed E-state index contributed by atoms with van der Waals surface area (Å²) >= 11 is 0. The predicted molar refractivity (Wildman–Crippen MR) is 88.7 cm³/mol. The molecule has 3 nitrogen and oxygen atoms in total. The van der Waals surface area contributed by atoms with Crippen molar-refractivity contribution in [3.05, 3.63) is 53.5 Å². The average Bonchev–Trinajstić information content (AvgIpc) is 2.55. The van der Waals surface area contributed by atoms with E-state index in [-0.39, 0.29) is 11.7 Å². The topological polar surface area (TPSA) is 33.2 Å². The highest BCUT2D eigenvalue weighted by atomic mass is 19.1. The monoisotopic (exact) mass is 312 g/mol. The van der Waals surface area contributed by atoms with E-state index in [9.17, 15) is 9.18 Å². The summed E-state index contributed by atoms with van der Waals surface area (Å²) in [5.74, 6) is 0.350. The number of pyridine rings is 1. The lowest BCUT2D eigenvalue weighted by Gasteiger charge is -2.31. The number of rotatable bonds is 2. The first-order valence-corrected chi connectivity index (χ1v) is 8.07. The third kappa shape index (κ3) is 3.41. The van der Waals surface area contributed by atoms with Gasteiger partial charge in [0.25, 0.3) is 5.91 Å². The first kappa shape index (κ1) is 15.7. The van der Waals surface area contributed by atoms with Crippen LogP contribution in [0.15, 0.2) is 36.4 Å². The maximum absolute atomic E-state index is 13.0. The average molecular weight is 312 g/mol. The van der Waals surface area contributed by atoms with Crippen LogP contribution in [0, 0.1) is 18.7 Å². The van der Waals surface area contributed by atoms with Crippen LogP contribution in [0.25, 0.3) is 11.3 Å². The molecule has 0 bridgehead atoms. The summed E-state index contributed by atoms with van der Waals surface area (Å²) < 4.78 is 13.0. The summed E-state index contributed by atoms with van der Waals surface area (Å²) in [6.45, 7) is 5.68. The van der Waals surface area contributed by atoms with E-state index in [1.807, 2.05) is 24.0 Å². The van der Waals surface area contributed by atoms with Gasteiger partial charge in [-0.1, -0.05) is 6.92 Å². The second-order valence-corrected chi connectivity index (χ2v) is 6.33. The number of benzene rings is 1. The van der Waals surface area contributed by atoms with Crippen molar-refractivity contribution in [3.63, 3.8) is 0 Å². The molecule has 1 aromatic heterocycles. The molecule has 0 saturated carbocycles. The maximum Gasteiger partial charge on any atom is 0.255 e. The standard InChI is InChI=1S/C19H21FN2O/c1-13-4-3-11-22(12-13)19(23)17-9-10-18(21-14(17)2)15-5-7-16(20)8-6-15/h5-10,13H,3-4,11-12H2,1-2H3. The third-order valence-corrected chi connectivity index (χ3v) is 4.40. The van der Waals surface area contributed by atoms with E-state index in [2.05, 4.69) is 11.9 Å². The molecular formula is C19H21FN2O. The lowest BCUT2D eigenvalue weighted by atomic mass is 9.99. The molecule has 1 unspecified atom stereocenters. The fraction of sp³-hybridized carbons (Fsp3) is 0.368. The number of amides is 1. The van der Waals surface area contributed by atoms with Crippen LogP contribution in [-0.4, -0.2) is 28.9 Å². The van der Waals surface area contributed by atoms with Gasteiger partial charge in [0, 0.05) is 18.7 Å². The Kier molecular flexibility index (Phi) is 4.42. The lowest BCUT2D eigenvalue weighted by Crippen LogP contribution is -2.39. The molecule has 1 aliphatic rings. The van der Waals surface area contributed by atoms with Crippen LogP contribution in [0.5, 0.6) is 0 Å². The van der Waals surface area contributed by atoms with Crippen LogP contribution in [0.4, 0.5) is 4.39 Å². The van der Waals surface area contributed by atoms with Crippen LogP contribution >= 0.6 is 0 Å². The van der Waals surface area contributed by atoms with Crippen molar-refractivity contribution in [1.29, 1.82) is 0 Å². The van der Waals surface area contributed by atoms with Gasteiger partial charge in [0.1, 0.15) is 5.82 Å². The second kappa shape index (κ2) is 6.49. The Labute approximate surface area is 136 Å². The molecule has 3 rings (SSSR count). The van der Waals surface area contributed by atoms with E-state index in [0.29, 0.717) is 11.5 Å². The molecule has 2 aromatic rings.